The Morgan fingerprint density at radius 1 is 0.324 bits per heavy atom. The molecule has 0 unspecified atom stereocenters. The Balaban J connectivity index is 1.68. The average molecular weight is 472 g/mol. The van der Waals surface area contributed by atoms with Gasteiger partial charge in [-0.05, 0) is 46.5 Å². The zero-order chi connectivity index (χ0) is 24.6. The van der Waals surface area contributed by atoms with E-state index in [2.05, 4.69) is 156 Å². The van der Waals surface area contributed by atoms with Crippen LogP contribution in [0.1, 0.15) is 0 Å². The van der Waals surface area contributed by atoms with Gasteiger partial charge in [0.1, 0.15) is 0 Å². The van der Waals surface area contributed by atoms with Gasteiger partial charge in [0.2, 0.25) is 0 Å². The van der Waals surface area contributed by atoms with Crippen molar-refractivity contribution in [2.45, 2.75) is 0 Å². The number of hydrogen-bond donors (Lipinski definition) is 0. The number of nitrogens with zero attached hydrogens (tertiary/aromatic N) is 1. The summed E-state index contributed by atoms with van der Waals surface area (Å²) in [6.07, 6.45) is 0. The van der Waals surface area contributed by atoms with Crippen LogP contribution in [0, 0.1) is 0 Å². The van der Waals surface area contributed by atoms with Crippen LogP contribution in [-0.4, -0.2) is 4.57 Å². The molecular weight excluding hydrogens is 446 g/mol. The summed E-state index contributed by atoms with van der Waals surface area (Å²) in [6, 6.07) is 54.4. The minimum atomic E-state index is 1.20. The van der Waals surface area contributed by atoms with E-state index in [0.717, 1.165) is 0 Å². The summed E-state index contributed by atoms with van der Waals surface area (Å²) in [5, 5.41) is 2.53. The number of fused-ring (bicyclic) bond motifs is 3. The molecule has 1 aromatic heterocycles. The zero-order valence-electron chi connectivity index (χ0n) is 20.4. The summed E-state index contributed by atoms with van der Waals surface area (Å²) in [5.41, 5.74) is 10.9. The van der Waals surface area contributed by atoms with Crippen molar-refractivity contribution < 1.29 is 0 Å². The number of benzene rings is 6. The largest absolute Gasteiger partial charge is 0.308 e. The summed E-state index contributed by atoms with van der Waals surface area (Å²) in [4.78, 5) is 0. The van der Waals surface area contributed by atoms with Crippen LogP contribution in [0.15, 0.2) is 152 Å². The number of hydrogen-bond acceptors (Lipinski definition) is 0. The molecule has 6 aromatic carbocycles. The normalized spacial score (nSPS) is 11.2. The SMILES string of the molecule is c1ccc(-c2cc(-c3ccccc3)c(-n3c4ccccc4c4ccccc43)c(-c3ccccc3)c2)cc1. The van der Waals surface area contributed by atoms with Crippen LogP contribution in [-0.2, 0) is 0 Å². The number of aromatic nitrogens is 1. The molecule has 0 N–H and O–H groups in total. The molecule has 174 valence electrons. The molecule has 1 heteroatoms. The fourth-order valence-electron chi connectivity index (χ4n) is 5.51. The van der Waals surface area contributed by atoms with E-state index >= 15 is 0 Å². The quantitative estimate of drug-likeness (QED) is 0.241. The van der Waals surface area contributed by atoms with Gasteiger partial charge in [-0.25, -0.2) is 0 Å². The Hall–Kier alpha value is -4.88. The second-order valence-electron chi connectivity index (χ2n) is 9.39. The highest BCUT2D eigenvalue weighted by molar-refractivity contribution is 6.10. The minimum absolute atomic E-state index is 1.20. The highest BCUT2D eigenvalue weighted by Crippen LogP contribution is 2.43. The van der Waals surface area contributed by atoms with Crippen molar-refractivity contribution in [1.82, 2.24) is 4.57 Å². The molecule has 0 fully saturated rings. The maximum atomic E-state index is 2.46. The third-order valence-electron chi connectivity index (χ3n) is 7.19. The Morgan fingerprint density at radius 2 is 0.703 bits per heavy atom. The maximum absolute atomic E-state index is 2.46. The molecule has 0 bridgehead atoms. The lowest BCUT2D eigenvalue weighted by Gasteiger charge is -2.21. The van der Waals surface area contributed by atoms with E-state index in [-0.39, 0.29) is 0 Å². The van der Waals surface area contributed by atoms with Crippen LogP contribution in [0.4, 0.5) is 0 Å². The van der Waals surface area contributed by atoms with Crippen LogP contribution < -0.4 is 0 Å². The van der Waals surface area contributed by atoms with Gasteiger partial charge in [0.05, 0.1) is 16.7 Å². The first-order valence-corrected chi connectivity index (χ1v) is 12.7. The molecule has 0 aliphatic heterocycles. The Bertz CT molecular complexity index is 1730. The molecule has 0 spiro atoms. The van der Waals surface area contributed by atoms with Crippen molar-refractivity contribution in [2.75, 3.05) is 0 Å². The summed E-state index contributed by atoms with van der Waals surface area (Å²) in [6.45, 7) is 0. The van der Waals surface area contributed by atoms with E-state index in [0.29, 0.717) is 0 Å². The van der Waals surface area contributed by atoms with E-state index in [1.807, 2.05) is 0 Å². The van der Waals surface area contributed by atoms with Crippen LogP contribution in [0.3, 0.4) is 0 Å². The second kappa shape index (κ2) is 8.96. The van der Waals surface area contributed by atoms with Gasteiger partial charge in [-0.3, -0.25) is 0 Å². The lowest BCUT2D eigenvalue weighted by atomic mass is 9.90. The van der Waals surface area contributed by atoms with Gasteiger partial charge >= 0.3 is 0 Å². The van der Waals surface area contributed by atoms with Crippen molar-refractivity contribution in [2.24, 2.45) is 0 Å². The van der Waals surface area contributed by atoms with Gasteiger partial charge in [-0.2, -0.15) is 0 Å². The standard InChI is InChI=1S/C36H25N/c1-4-14-26(15-5-1)29-24-32(27-16-6-2-7-17-27)36(33(25-29)28-18-8-3-9-19-28)37-34-22-12-10-20-30(34)31-21-11-13-23-35(31)37/h1-25H. The highest BCUT2D eigenvalue weighted by atomic mass is 15.0. The predicted molar refractivity (Wildman–Crippen MR) is 157 cm³/mol. The zero-order valence-corrected chi connectivity index (χ0v) is 20.4. The van der Waals surface area contributed by atoms with E-state index < -0.39 is 0 Å². The summed E-state index contributed by atoms with van der Waals surface area (Å²) < 4.78 is 2.46. The molecule has 0 saturated heterocycles. The molecule has 0 saturated carbocycles. The molecule has 7 aromatic rings. The van der Waals surface area contributed by atoms with Gasteiger partial charge in [0.25, 0.3) is 0 Å². The van der Waals surface area contributed by atoms with Gasteiger partial charge in [0, 0.05) is 21.9 Å². The lowest BCUT2D eigenvalue weighted by Crippen LogP contribution is -2.01. The van der Waals surface area contributed by atoms with Crippen molar-refractivity contribution in [1.29, 1.82) is 0 Å². The fraction of sp³-hybridized carbons (Fsp3) is 0. The molecule has 0 aliphatic rings. The molecule has 1 nitrogen and oxygen atoms in total. The van der Waals surface area contributed by atoms with E-state index in [9.17, 15) is 0 Å². The van der Waals surface area contributed by atoms with Crippen LogP contribution >= 0.6 is 0 Å². The number of para-hydroxylation sites is 2. The van der Waals surface area contributed by atoms with Gasteiger partial charge in [-0.15, -0.1) is 0 Å². The highest BCUT2D eigenvalue weighted by Gasteiger charge is 2.21. The monoisotopic (exact) mass is 471 g/mol. The van der Waals surface area contributed by atoms with Crippen molar-refractivity contribution in [3.63, 3.8) is 0 Å². The smallest absolute Gasteiger partial charge is 0.0619 e. The molecule has 1 heterocycles. The lowest BCUT2D eigenvalue weighted by molar-refractivity contribution is 1.18. The molecule has 0 aliphatic carbocycles. The van der Waals surface area contributed by atoms with E-state index in [1.165, 1.54) is 60.9 Å². The van der Waals surface area contributed by atoms with Crippen LogP contribution in [0.25, 0.3) is 60.9 Å². The summed E-state index contributed by atoms with van der Waals surface area (Å²) >= 11 is 0. The predicted octanol–water partition coefficient (Wildman–Crippen LogP) is 9.78. The minimum Gasteiger partial charge on any atom is -0.308 e. The molecule has 0 atom stereocenters. The molecule has 0 amide bonds. The van der Waals surface area contributed by atoms with Crippen LogP contribution in [0.2, 0.25) is 0 Å². The third-order valence-corrected chi connectivity index (χ3v) is 7.19. The van der Waals surface area contributed by atoms with Gasteiger partial charge in [-0.1, -0.05) is 127 Å². The summed E-state index contributed by atoms with van der Waals surface area (Å²) in [7, 11) is 0. The number of rotatable bonds is 4. The van der Waals surface area contributed by atoms with Gasteiger partial charge < -0.3 is 4.57 Å². The van der Waals surface area contributed by atoms with E-state index in [4.69, 9.17) is 0 Å². The van der Waals surface area contributed by atoms with Crippen LogP contribution in [0.5, 0.6) is 0 Å². The first-order valence-electron chi connectivity index (χ1n) is 12.7. The second-order valence-corrected chi connectivity index (χ2v) is 9.39. The first-order chi connectivity index (χ1) is 18.4. The molecule has 7 rings (SSSR count). The van der Waals surface area contributed by atoms with Crippen molar-refractivity contribution in [3.05, 3.63) is 152 Å². The third kappa shape index (κ3) is 3.64. The molecule has 0 radical (unpaired) electrons. The Labute approximate surface area is 216 Å². The summed E-state index contributed by atoms with van der Waals surface area (Å²) in [5.74, 6) is 0. The Morgan fingerprint density at radius 3 is 1.16 bits per heavy atom. The Kier molecular flexibility index (Phi) is 5.19. The fourth-order valence-corrected chi connectivity index (χ4v) is 5.51. The topological polar surface area (TPSA) is 4.93 Å². The van der Waals surface area contributed by atoms with Crippen molar-refractivity contribution in [3.8, 4) is 39.1 Å². The van der Waals surface area contributed by atoms with Crippen molar-refractivity contribution >= 4 is 21.8 Å². The first kappa shape index (κ1) is 21.4. The van der Waals surface area contributed by atoms with E-state index in [1.54, 1.807) is 0 Å². The molecular formula is C36H25N. The average Bonchev–Trinajstić information content (AvgIpc) is 3.32. The molecule has 37 heavy (non-hydrogen) atoms. The maximum Gasteiger partial charge on any atom is 0.0619 e. The van der Waals surface area contributed by atoms with Gasteiger partial charge in [0.15, 0.2) is 0 Å².